The van der Waals surface area contributed by atoms with E-state index >= 15 is 0 Å². The number of nitrogens with one attached hydrogen (secondary N) is 3. The number of unbranched alkanes of at least 4 members (excludes halogenated alkanes) is 1. The number of anilines is 1. The lowest BCUT2D eigenvalue weighted by molar-refractivity contribution is 0.215. The monoisotopic (exact) mass is 457 g/mol. The molecular formula is C28H35N5O. The van der Waals surface area contributed by atoms with Crippen LogP contribution in [-0.2, 0) is 0 Å². The molecular weight excluding hydrogens is 422 g/mol. The minimum absolute atomic E-state index is 0.621. The number of hydrogen-bond donors (Lipinski definition) is 3. The van der Waals surface area contributed by atoms with Gasteiger partial charge in [-0.1, -0.05) is 37.6 Å². The van der Waals surface area contributed by atoms with Gasteiger partial charge in [0.25, 0.3) is 0 Å². The highest BCUT2D eigenvalue weighted by atomic mass is 16.5. The lowest BCUT2D eigenvalue weighted by Crippen LogP contribution is -2.30. The molecule has 1 aliphatic rings. The van der Waals surface area contributed by atoms with Crippen LogP contribution in [0.15, 0.2) is 71.9 Å². The van der Waals surface area contributed by atoms with E-state index in [0.717, 1.165) is 72.0 Å². The van der Waals surface area contributed by atoms with Crippen LogP contribution in [0.3, 0.4) is 0 Å². The standard InChI is InChI=1S/C28H35N5O/c1-3-5-10-26(22-8-6-9-25(18-22)34-20-21-13-15-29-16-14-21)32-28(7-4-2)31-24-11-12-27-23(17-24)19-30-33-27/h4,6-12,17-19,21,29H,3,5,13-16,20H2,1-2H3,(H,30,33)(H,31,32)/b7-4-,26-10?. The number of benzene rings is 2. The lowest BCUT2D eigenvalue weighted by Gasteiger charge is -2.22. The fourth-order valence-corrected chi connectivity index (χ4v) is 4.08. The Hall–Kier alpha value is -3.38. The quantitative estimate of drug-likeness (QED) is 0.265. The van der Waals surface area contributed by atoms with E-state index in [1.165, 1.54) is 12.8 Å². The summed E-state index contributed by atoms with van der Waals surface area (Å²) in [6, 6.07) is 14.4. The molecule has 34 heavy (non-hydrogen) atoms. The van der Waals surface area contributed by atoms with Gasteiger partial charge < -0.3 is 15.4 Å². The number of piperidine rings is 1. The summed E-state index contributed by atoms with van der Waals surface area (Å²) >= 11 is 0. The third-order valence-electron chi connectivity index (χ3n) is 5.98. The van der Waals surface area contributed by atoms with Crippen molar-refractivity contribution in [3.05, 3.63) is 72.5 Å². The third kappa shape index (κ3) is 6.58. The molecule has 1 fully saturated rings. The number of aromatic nitrogens is 2. The van der Waals surface area contributed by atoms with Gasteiger partial charge in [-0.3, -0.25) is 5.10 Å². The van der Waals surface area contributed by atoms with Crippen LogP contribution in [0.25, 0.3) is 16.6 Å². The van der Waals surface area contributed by atoms with Crippen LogP contribution in [0.1, 0.15) is 45.1 Å². The smallest absolute Gasteiger partial charge is 0.130 e. The van der Waals surface area contributed by atoms with Gasteiger partial charge in [-0.25, -0.2) is 4.99 Å². The molecule has 0 spiro atoms. The van der Waals surface area contributed by atoms with Crippen molar-refractivity contribution in [2.24, 2.45) is 10.9 Å². The Morgan fingerprint density at radius 2 is 2.09 bits per heavy atom. The van der Waals surface area contributed by atoms with Crippen LogP contribution in [0, 0.1) is 5.92 Å². The molecule has 0 saturated carbocycles. The van der Waals surface area contributed by atoms with Gasteiger partial charge in [-0.15, -0.1) is 0 Å². The molecule has 0 amide bonds. The number of aliphatic imine (C=N–C) groups is 1. The minimum Gasteiger partial charge on any atom is -0.493 e. The molecule has 2 heterocycles. The molecule has 6 heteroatoms. The van der Waals surface area contributed by atoms with E-state index in [1.54, 1.807) is 0 Å². The Balaban J connectivity index is 1.55. The summed E-state index contributed by atoms with van der Waals surface area (Å²) in [5, 5.41) is 15.0. The minimum atomic E-state index is 0.621. The van der Waals surface area contributed by atoms with Gasteiger partial charge in [0.15, 0.2) is 0 Å². The molecule has 2 aromatic carbocycles. The number of aromatic amines is 1. The molecule has 4 rings (SSSR count). The Bertz CT molecular complexity index is 1150. The van der Waals surface area contributed by atoms with Gasteiger partial charge >= 0.3 is 0 Å². The van der Waals surface area contributed by atoms with E-state index < -0.39 is 0 Å². The van der Waals surface area contributed by atoms with Crippen LogP contribution in [0.2, 0.25) is 0 Å². The molecule has 1 aliphatic heterocycles. The molecule has 1 saturated heterocycles. The number of amidine groups is 1. The van der Waals surface area contributed by atoms with Crippen LogP contribution in [-0.4, -0.2) is 35.7 Å². The molecule has 3 N–H and O–H groups in total. The summed E-state index contributed by atoms with van der Waals surface area (Å²) in [6.45, 7) is 7.12. The van der Waals surface area contributed by atoms with Crippen molar-refractivity contribution in [3.8, 4) is 5.75 Å². The molecule has 0 unspecified atom stereocenters. The molecule has 6 nitrogen and oxygen atoms in total. The first-order chi connectivity index (χ1) is 16.7. The predicted octanol–water partition coefficient (Wildman–Crippen LogP) is 6.17. The molecule has 0 atom stereocenters. The highest BCUT2D eigenvalue weighted by Gasteiger charge is 2.14. The van der Waals surface area contributed by atoms with Crippen LogP contribution >= 0.6 is 0 Å². The Morgan fingerprint density at radius 1 is 1.21 bits per heavy atom. The summed E-state index contributed by atoms with van der Waals surface area (Å²) < 4.78 is 6.18. The van der Waals surface area contributed by atoms with Gasteiger partial charge in [0.05, 0.1) is 24.0 Å². The number of hydrogen-bond acceptors (Lipinski definition) is 4. The van der Waals surface area contributed by atoms with E-state index in [0.29, 0.717) is 5.92 Å². The number of H-pyrrole nitrogens is 1. The zero-order valence-electron chi connectivity index (χ0n) is 20.2. The largest absolute Gasteiger partial charge is 0.493 e. The second-order valence-corrected chi connectivity index (χ2v) is 8.70. The van der Waals surface area contributed by atoms with Gasteiger partial charge in [0, 0.05) is 16.6 Å². The van der Waals surface area contributed by atoms with E-state index in [-0.39, 0.29) is 0 Å². The van der Waals surface area contributed by atoms with E-state index in [2.05, 4.69) is 58.1 Å². The zero-order valence-corrected chi connectivity index (χ0v) is 20.2. The molecule has 0 aliphatic carbocycles. The van der Waals surface area contributed by atoms with E-state index in [1.807, 2.05) is 43.5 Å². The highest BCUT2D eigenvalue weighted by molar-refractivity contribution is 6.07. The average molecular weight is 458 g/mol. The van der Waals surface area contributed by atoms with Gasteiger partial charge in [0.1, 0.15) is 11.6 Å². The first-order valence-corrected chi connectivity index (χ1v) is 12.3. The Morgan fingerprint density at radius 3 is 2.91 bits per heavy atom. The maximum Gasteiger partial charge on any atom is 0.130 e. The number of ether oxygens (including phenoxy) is 1. The lowest BCUT2D eigenvalue weighted by atomic mass is 9.99. The summed E-state index contributed by atoms with van der Waals surface area (Å²) in [6.07, 6.45) is 12.4. The Kier molecular flexibility index (Phi) is 8.52. The summed E-state index contributed by atoms with van der Waals surface area (Å²) in [5.74, 6) is 2.31. The molecule has 178 valence electrons. The zero-order chi connectivity index (χ0) is 23.6. The summed E-state index contributed by atoms with van der Waals surface area (Å²) in [4.78, 5) is 5.02. The second-order valence-electron chi connectivity index (χ2n) is 8.70. The maximum absolute atomic E-state index is 6.18. The average Bonchev–Trinajstić information content (AvgIpc) is 3.34. The second kappa shape index (κ2) is 12.2. The van der Waals surface area contributed by atoms with Crippen LogP contribution in [0.4, 0.5) is 5.69 Å². The van der Waals surface area contributed by atoms with Gasteiger partial charge in [0.2, 0.25) is 0 Å². The van der Waals surface area contributed by atoms with Crippen molar-refractivity contribution < 1.29 is 4.74 Å². The molecule has 1 aromatic heterocycles. The SMILES string of the molecule is C/C=C\C(=NC(=CCCC)c1cccc(OCC2CCNCC2)c1)Nc1ccc2[nH]ncc2c1. The van der Waals surface area contributed by atoms with Crippen molar-refractivity contribution in [2.75, 3.05) is 25.0 Å². The van der Waals surface area contributed by atoms with Crippen molar-refractivity contribution in [2.45, 2.75) is 39.5 Å². The number of nitrogens with zero attached hydrogens (tertiary/aromatic N) is 2. The summed E-state index contributed by atoms with van der Waals surface area (Å²) in [7, 11) is 0. The molecule has 0 radical (unpaired) electrons. The van der Waals surface area contributed by atoms with Crippen molar-refractivity contribution in [1.82, 2.24) is 15.5 Å². The highest BCUT2D eigenvalue weighted by Crippen LogP contribution is 2.25. The fourth-order valence-electron chi connectivity index (χ4n) is 4.08. The third-order valence-corrected chi connectivity index (χ3v) is 5.98. The van der Waals surface area contributed by atoms with Crippen molar-refractivity contribution >= 4 is 28.1 Å². The fraction of sp³-hybridized carbons (Fsp3) is 0.357. The molecule has 3 aromatic rings. The predicted molar refractivity (Wildman–Crippen MR) is 142 cm³/mol. The number of fused-ring (bicyclic) bond motifs is 1. The number of rotatable bonds is 9. The molecule has 0 bridgehead atoms. The van der Waals surface area contributed by atoms with Gasteiger partial charge in [-0.05, 0) is 81.6 Å². The Labute approximate surface area is 202 Å². The topological polar surface area (TPSA) is 74.3 Å². The number of allylic oxidation sites excluding steroid dienone is 2. The maximum atomic E-state index is 6.18. The van der Waals surface area contributed by atoms with Crippen LogP contribution in [0.5, 0.6) is 5.75 Å². The first kappa shape index (κ1) is 23.8. The van der Waals surface area contributed by atoms with Crippen molar-refractivity contribution in [1.29, 1.82) is 0 Å². The van der Waals surface area contributed by atoms with Crippen molar-refractivity contribution in [3.63, 3.8) is 0 Å². The van der Waals surface area contributed by atoms with Crippen LogP contribution < -0.4 is 15.4 Å². The normalized spacial score (nSPS) is 15.8. The van der Waals surface area contributed by atoms with E-state index in [9.17, 15) is 0 Å². The van der Waals surface area contributed by atoms with Gasteiger partial charge in [-0.2, -0.15) is 5.10 Å². The summed E-state index contributed by atoms with van der Waals surface area (Å²) in [5.41, 5.74) is 3.99. The first-order valence-electron chi connectivity index (χ1n) is 12.3. The van der Waals surface area contributed by atoms with E-state index in [4.69, 9.17) is 9.73 Å².